The molecule has 1 heterocycles. The molecule has 5 nitrogen and oxygen atoms in total. The van der Waals surface area contributed by atoms with Gasteiger partial charge in [0.2, 0.25) is 0 Å². The lowest BCUT2D eigenvalue weighted by molar-refractivity contribution is -0.137. The third-order valence-electron chi connectivity index (χ3n) is 7.33. The molecule has 1 aromatic rings. The summed E-state index contributed by atoms with van der Waals surface area (Å²) in [5, 5.41) is 19.1. The van der Waals surface area contributed by atoms with Crippen molar-refractivity contribution in [1.82, 2.24) is 0 Å². The minimum absolute atomic E-state index is 0.00451. The first-order valence-corrected chi connectivity index (χ1v) is 11.2. The summed E-state index contributed by atoms with van der Waals surface area (Å²) in [5.41, 5.74) is 0.0300. The number of allylic oxidation sites excluding steroid dienone is 1. The maximum atomic E-state index is 14.7. The second-order valence-corrected chi connectivity index (χ2v) is 9.41. The zero-order valence-electron chi connectivity index (χ0n) is 17.8. The van der Waals surface area contributed by atoms with Gasteiger partial charge in [-0.1, -0.05) is 12.2 Å². The number of halogens is 3. The number of carboxylic acid groups (broad SMARTS) is 1. The van der Waals surface area contributed by atoms with E-state index < -0.39 is 35.8 Å². The highest BCUT2D eigenvalue weighted by Crippen LogP contribution is 2.61. The second kappa shape index (κ2) is 9.43. The van der Waals surface area contributed by atoms with Crippen LogP contribution in [0.3, 0.4) is 0 Å². The highest BCUT2D eigenvalue weighted by atomic mass is 19.1. The van der Waals surface area contributed by atoms with Gasteiger partial charge in [-0.05, 0) is 55.1 Å². The SMILES string of the molecule is O=C(O)CCC1CC12CC[C@H]1[C@H](CC(F)[C@@H]1/C=C/[C@@H](O)COc1cc(F)ccc1F)OC2. The normalized spacial score (nSPS) is 34.9. The molecule has 1 aromatic carbocycles. The molecule has 1 aliphatic heterocycles. The molecule has 0 radical (unpaired) electrons. The van der Waals surface area contributed by atoms with Crippen LogP contribution in [0.4, 0.5) is 13.2 Å². The molecular weight excluding hydrogens is 425 g/mol. The number of carboxylic acids is 1. The Hall–Kier alpha value is -2.06. The summed E-state index contributed by atoms with van der Waals surface area (Å²) >= 11 is 0. The van der Waals surface area contributed by atoms with Crippen molar-refractivity contribution in [1.29, 1.82) is 0 Å². The van der Waals surface area contributed by atoms with Crippen LogP contribution in [-0.4, -0.2) is 47.8 Å². The van der Waals surface area contributed by atoms with Crippen LogP contribution in [0.5, 0.6) is 5.75 Å². The van der Waals surface area contributed by atoms with Crippen LogP contribution < -0.4 is 4.74 Å². The number of aliphatic hydroxyl groups excluding tert-OH is 1. The fourth-order valence-electron chi connectivity index (χ4n) is 5.40. The Morgan fingerprint density at radius 3 is 2.97 bits per heavy atom. The number of alkyl halides is 1. The number of aliphatic hydroxyl groups is 1. The average molecular weight is 454 g/mol. The zero-order chi connectivity index (χ0) is 22.9. The summed E-state index contributed by atoms with van der Waals surface area (Å²) in [6, 6.07) is 2.83. The van der Waals surface area contributed by atoms with Gasteiger partial charge in [-0.25, -0.2) is 13.2 Å². The molecule has 2 saturated carbocycles. The number of carbonyl (C=O) groups is 1. The lowest BCUT2D eigenvalue weighted by atomic mass is 9.86. The van der Waals surface area contributed by atoms with E-state index in [1.807, 2.05) is 0 Å². The second-order valence-electron chi connectivity index (χ2n) is 9.41. The van der Waals surface area contributed by atoms with E-state index in [2.05, 4.69) is 0 Å². The minimum atomic E-state index is -1.09. The van der Waals surface area contributed by atoms with E-state index in [0.717, 1.165) is 37.5 Å². The highest BCUT2D eigenvalue weighted by molar-refractivity contribution is 5.66. The fraction of sp³-hybridized carbons (Fsp3) is 0.625. The van der Waals surface area contributed by atoms with Crippen molar-refractivity contribution in [2.24, 2.45) is 23.2 Å². The number of hydrogen-bond acceptors (Lipinski definition) is 4. The maximum Gasteiger partial charge on any atom is 0.303 e. The predicted octanol–water partition coefficient (Wildman–Crippen LogP) is 4.29. The van der Waals surface area contributed by atoms with Crippen molar-refractivity contribution in [3.05, 3.63) is 42.0 Å². The summed E-state index contributed by atoms with van der Waals surface area (Å²) in [4.78, 5) is 10.8. The molecule has 0 aromatic heterocycles. The molecule has 0 bridgehead atoms. The molecule has 3 fully saturated rings. The smallest absolute Gasteiger partial charge is 0.303 e. The standard InChI is InChI=1S/C24H29F3O5/c25-15-2-5-19(26)22(9-15)31-12-16(28)3-4-17-18-7-8-24(11-14(24)1-6-23(29)30)13-32-21(18)10-20(17)27/h2-5,9,14,16-18,20-21,28H,1,6-8,10-13H2,(H,29,30)/b4-3+/t14?,16-,17-,18-,20?,21+,24?/m1/s1. The molecule has 0 amide bonds. The molecule has 1 saturated heterocycles. The van der Waals surface area contributed by atoms with Crippen molar-refractivity contribution in [3.63, 3.8) is 0 Å². The molecule has 7 atom stereocenters. The number of rotatable bonds is 8. The third-order valence-corrected chi connectivity index (χ3v) is 7.33. The third kappa shape index (κ3) is 5.12. The van der Waals surface area contributed by atoms with Gasteiger partial charge in [0.1, 0.15) is 24.7 Å². The minimum Gasteiger partial charge on any atom is -0.487 e. The van der Waals surface area contributed by atoms with Crippen molar-refractivity contribution >= 4 is 5.97 Å². The summed E-state index contributed by atoms with van der Waals surface area (Å²) in [7, 11) is 0. The first-order chi connectivity index (χ1) is 15.3. The highest BCUT2D eigenvalue weighted by Gasteiger charge is 2.57. The quantitative estimate of drug-likeness (QED) is 0.574. The van der Waals surface area contributed by atoms with Crippen LogP contribution in [0.1, 0.15) is 38.5 Å². The molecule has 176 valence electrons. The lowest BCUT2D eigenvalue weighted by Gasteiger charge is -2.20. The van der Waals surface area contributed by atoms with Crippen LogP contribution >= 0.6 is 0 Å². The number of fused-ring (bicyclic) bond motifs is 1. The van der Waals surface area contributed by atoms with Gasteiger partial charge >= 0.3 is 5.97 Å². The Morgan fingerprint density at radius 1 is 1.38 bits per heavy atom. The summed E-state index contributed by atoms with van der Waals surface area (Å²) in [6.45, 7) is 0.275. The number of benzene rings is 1. The van der Waals surface area contributed by atoms with E-state index in [1.165, 1.54) is 6.08 Å². The molecule has 1 spiro atoms. The van der Waals surface area contributed by atoms with E-state index in [4.69, 9.17) is 14.6 Å². The monoisotopic (exact) mass is 454 g/mol. The van der Waals surface area contributed by atoms with Gasteiger partial charge in [0, 0.05) is 24.8 Å². The molecule has 3 aliphatic rings. The Morgan fingerprint density at radius 2 is 2.19 bits per heavy atom. The Bertz CT molecular complexity index is 862. The van der Waals surface area contributed by atoms with E-state index in [9.17, 15) is 23.1 Å². The Balaban J connectivity index is 1.31. The van der Waals surface area contributed by atoms with Crippen LogP contribution in [0.15, 0.2) is 30.4 Å². The van der Waals surface area contributed by atoms with Crippen molar-refractivity contribution in [2.45, 2.75) is 56.9 Å². The van der Waals surface area contributed by atoms with Gasteiger partial charge in [0.15, 0.2) is 11.6 Å². The number of aliphatic carboxylic acids is 1. The van der Waals surface area contributed by atoms with Crippen LogP contribution in [0, 0.1) is 34.8 Å². The average Bonchev–Trinajstić information content (AvgIpc) is 3.40. The van der Waals surface area contributed by atoms with E-state index in [1.54, 1.807) is 6.08 Å². The van der Waals surface area contributed by atoms with Gasteiger partial charge in [-0.3, -0.25) is 4.79 Å². The maximum absolute atomic E-state index is 14.7. The Labute approximate surface area is 185 Å². The topological polar surface area (TPSA) is 76.0 Å². The van der Waals surface area contributed by atoms with Gasteiger partial charge < -0.3 is 19.7 Å². The van der Waals surface area contributed by atoms with E-state index in [0.29, 0.717) is 25.4 Å². The summed E-state index contributed by atoms with van der Waals surface area (Å²) < 4.78 is 52.8. The molecule has 8 heteroatoms. The van der Waals surface area contributed by atoms with Gasteiger partial charge in [-0.15, -0.1) is 0 Å². The van der Waals surface area contributed by atoms with Crippen molar-refractivity contribution in [3.8, 4) is 5.75 Å². The van der Waals surface area contributed by atoms with E-state index >= 15 is 0 Å². The first-order valence-electron chi connectivity index (χ1n) is 11.2. The van der Waals surface area contributed by atoms with Gasteiger partial charge in [0.25, 0.3) is 0 Å². The molecule has 3 unspecified atom stereocenters. The van der Waals surface area contributed by atoms with Crippen LogP contribution in [-0.2, 0) is 9.53 Å². The van der Waals surface area contributed by atoms with Gasteiger partial charge in [0.05, 0.1) is 12.7 Å². The molecule has 2 N–H and O–H groups in total. The van der Waals surface area contributed by atoms with Crippen LogP contribution in [0.2, 0.25) is 0 Å². The molecule has 32 heavy (non-hydrogen) atoms. The fourth-order valence-corrected chi connectivity index (χ4v) is 5.40. The molecule has 2 aliphatic carbocycles. The lowest BCUT2D eigenvalue weighted by Crippen LogP contribution is -2.21. The van der Waals surface area contributed by atoms with Gasteiger partial charge in [-0.2, -0.15) is 0 Å². The van der Waals surface area contributed by atoms with Crippen LogP contribution in [0.25, 0.3) is 0 Å². The van der Waals surface area contributed by atoms with Crippen molar-refractivity contribution in [2.75, 3.05) is 13.2 Å². The number of ether oxygens (including phenoxy) is 2. The summed E-state index contributed by atoms with van der Waals surface area (Å²) in [6.07, 6.45) is 4.52. The predicted molar refractivity (Wildman–Crippen MR) is 110 cm³/mol. The molecular formula is C24H29F3O5. The van der Waals surface area contributed by atoms with E-state index in [-0.39, 0.29) is 36.2 Å². The summed E-state index contributed by atoms with van der Waals surface area (Å²) in [5.74, 6) is -2.48. The van der Waals surface area contributed by atoms with Crippen molar-refractivity contribution < 1.29 is 37.7 Å². The first kappa shape index (κ1) is 23.1. The Kier molecular flexibility index (Phi) is 6.81. The number of hydrogen-bond donors (Lipinski definition) is 2. The molecule has 4 rings (SSSR count). The largest absolute Gasteiger partial charge is 0.487 e. The zero-order valence-corrected chi connectivity index (χ0v) is 17.8.